The Balaban J connectivity index is 3.07. The second-order valence-electron chi connectivity index (χ2n) is 4.25. The quantitative estimate of drug-likeness (QED) is 0.248. The first-order valence-electron chi connectivity index (χ1n) is 5.54. The lowest BCUT2D eigenvalue weighted by Gasteiger charge is -2.40. The lowest BCUT2D eigenvalue weighted by Crippen LogP contribution is -2.61. The van der Waals surface area contributed by atoms with E-state index in [1.165, 1.54) is 0 Å². The molecule has 1 rings (SSSR count). The summed E-state index contributed by atoms with van der Waals surface area (Å²) in [7, 11) is -15.6. The van der Waals surface area contributed by atoms with Gasteiger partial charge in [0.25, 0.3) is 0 Å². The Hall–Kier alpha value is -0.510. The molecule has 0 aliphatic carbocycles. The first-order valence-corrected chi connectivity index (χ1v) is 9.63. The number of aliphatic hydroxyl groups is 2. The molecule has 0 aromatic rings. The molecule has 144 valence electrons. The molecule has 0 aromatic carbocycles. The monoisotopic (exact) mass is 420 g/mol. The lowest BCUT2D eigenvalue weighted by molar-refractivity contribution is -0.271. The highest BCUT2D eigenvalue weighted by Gasteiger charge is 2.49. The zero-order valence-corrected chi connectivity index (χ0v) is 13.6. The van der Waals surface area contributed by atoms with Crippen molar-refractivity contribution in [3.8, 4) is 0 Å². The van der Waals surface area contributed by atoms with E-state index in [-0.39, 0.29) is 0 Å². The topological polar surface area (TPSA) is 240 Å². The van der Waals surface area contributed by atoms with Crippen molar-refractivity contribution in [3.63, 3.8) is 0 Å². The number of ether oxygens (including phenoxy) is 1. The Bertz CT molecular complexity index is 736. The van der Waals surface area contributed by atoms with E-state index in [1.807, 2.05) is 0 Å². The van der Waals surface area contributed by atoms with Crippen molar-refractivity contribution in [2.24, 2.45) is 0 Å². The summed E-state index contributed by atoms with van der Waals surface area (Å²) < 4.78 is 105. The minimum absolute atomic E-state index is 1.20. The van der Waals surface area contributed by atoms with Crippen molar-refractivity contribution in [1.29, 1.82) is 0 Å². The van der Waals surface area contributed by atoms with E-state index in [4.69, 9.17) is 13.7 Å². The van der Waals surface area contributed by atoms with Gasteiger partial charge in [-0.25, -0.2) is 12.5 Å². The van der Waals surface area contributed by atoms with Crippen LogP contribution in [0.2, 0.25) is 0 Å². The maximum atomic E-state index is 10.7. The normalized spacial score (nSPS) is 32.6. The SMILES string of the molecule is O=S(=O)(O)OC[C@H]1OC(OS(=O)(=O)O)[C@H](O)[C@@H](OS(=O)(=O)O)[C@@H]1O. The maximum Gasteiger partial charge on any atom is 0.399 e. The molecule has 1 saturated heterocycles. The lowest BCUT2D eigenvalue weighted by atomic mass is 9.99. The number of aliphatic hydroxyl groups excluding tert-OH is 2. The third-order valence-corrected chi connectivity index (χ3v) is 3.80. The number of hydrogen-bond donors (Lipinski definition) is 5. The van der Waals surface area contributed by atoms with E-state index in [9.17, 15) is 35.5 Å². The van der Waals surface area contributed by atoms with Crippen LogP contribution in [-0.4, -0.2) is 86.4 Å². The van der Waals surface area contributed by atoms with Crippen LogP contribution < -0.4 is 0 Å². The van der Waals surface area contributed by atoms with Crippen molar-refractivity contribution < 1.29 is 66.4 Å². The predicted molar refractivity (Wildman–Crippen MR) is 67.2 cm³/mol. The van der Waals surface area contributed by atoms with Gasteiger partial charge >= 0.3 is 31.2 Å². The molecule has 0 bridgehead atoms. The fourth-order valence-electron chi connectivity index (χ4n) is 1.65. The largest absolute Gasteiger partial charge is 0.399 e. The molecule has 1 aliphatic rings. The third kappa shape index (κ3) is 7.16. The van der Waals surface area contributed by atoms with E-state index in [0.717, 1.165) is 0 Å². The van der Waals surface area contributed by atoms with Crippen molar-refractivity contribution in [1.82, 2.24) is 0 Å². The van der Waals surface area contributed by atoms with Gasteiger partial charge in [-0.1, -0.05) is 0 Å². The second-order valence-corrected chi connectivity index (χ2v) is 7.44. The minimum Gasteiger partial charge on any atom is -0.387 e. The van der Waals surface area contributed by atoms with Gasteiger partial charge < -0.3 is 14.9 Å². The highest BCUT2D eigenvalue weighted by Crippen LogP contribution is 2.26. The van der Waals surface area contributed by atoms with Crippen LogP contribution in [0.3, 0.4) is 0 Å². The van der Waals surface area contributed by atoms with Gasteiger partial charge in [-0.3, -0.25) is 13.7 Å². The highest BCUT2D eigenvalue weighted by molar-refractivity contribution is 7.81. The van der Waals surface area contributed by atoms with E-state index >= 15 is 0 Å². The first-order chi connectivity index (χ1) is 10.6. The van der Waals surface area contributed by atoms with Gasteiger partial charge in [0.2, 0.25) is 6.29 Å². The summed E-state index contributed by atoms with van der Waals surface area (Å²) in [5, 5.41) is 19.4. The Labute approximate surface area is 135 Å². The molecule has 0 aromatic heterocycles. The molecule has 0 spiro atoms. The van der Waals surface area contributed by atoms with Crippen molar-refractivity contribution in [2.45, 2.75) is 30.7 Å². The van der Waals surface area contributed by atoms with Crippen LogP contribution in [0.15, 0.2) is 0 Å². The average molecular weight is 420 g/mol. The van der Waals surface area contributed by atoms with Crippen molar-refractivity contribution in [3.05, 3.63) is 0 Å². The van der Waals surface area contributed by atoms with Gasteiger partial charge in [0.15, 0.2) is 0 Å². The van der Waals surface area contributed by atoms with Crippen LogP contribution in [0.4, 0.5) is 0 Å². The van der Waals surface area contributed by atoms with Crippen LogP contribution in [0.1, 0.15) is 0 Å². The summed E-state index contributed by atoms with van der Waals surface area (Å²) >= 11 is 0. The molecule has 0 amide bonds. The Morgan fingerprint density at radius 3 is 1.71 bits per heavy atom. The summed E-state index contributed by atoms with van der Waals surface area (Å²) in [5.41, 5.74) is 0. The minimum atomic E-state index is -5.27. The zero-order valence-electron chi connectivity index (χ0n) is 11.1. The summed E-state index contributed by atoms with van der Waals surface area (Å²) in [6, 6.07) is 0. The summed E-state index contributed by atoms with van der Waals surface area (Å²) in [4.78, 5) is 0. The van der Waals surface area contributed by atoms with E-state index < -0.39 is 68.5 Å². The van der Waals surface area contributed by atoms with Gasteiger partial charge in [-0.15, -0.1) is 0 Å². The molecular weight excluding hydrogens is 408 g/mol. The van der Waals surface area contributed by atoms with Gasteiger partial charge in [0, 0.05) is 0 Å². The molecule has 1 heterocycles. The smallest absolute Gasteiger partial charge is 0.387 e. The van der Waals surface area contributed by atoms with E-state index in [0.29, 0.717) is 0 Å². The summed E-state index contributed by atoms with van der Waals surface area (Å²) in [5.74, 6) is 0. The molecule has 5 N–H and O–H groups in total. The molecule has 5 atom stereocenters. The van der Waals surface area contributed by atoms with Crippen molar-refractivity contribution in [2.75, 3.05) is 6.61 Å². The molecule has 0 saturated carbocycles. The molecule has 1 unspecified atom stereocenters. The maximum absolute atomic E-state index is 10.7. The Kier molecular flexibility index (Phi) is 6.63. The molecular formula is C6H12O15S3. The Morgan fingerprint density at radius 2 is 1.29 bits per heavy atom. The average Bonchev–Trinajstić information content (AvgIpc) is 2.32. The fraction of sp³-hybridized carbons (Fsp3) is 1.00. The fourth-order valence-corrected chi connectivity index (χ4v) is 2.86. The van der Waals surface area contributed by atoms with Gasteiger partial charge in [0.1, 0.15) is 24.4 Å². The number of hydrogen-bond acceptors (Lipinski definition) is 12. The second kappa shape index (κ2) is 7.39. The molecule has 18 heteroatoms. The van der Waals surface area contributed by atoms with Crippen molar-refractivity contribution >= 4 is 31.2 Å². The van der Waals surface area contributed by atoms with Gasteiger partial charge in [-0.2, -0.15) is 25.3 Å². The number of rotatable bonds is 7. The van der Waals surface area contributed by atoms with E-state index in [2.05, 4.69) is 17.3 Å². The van der Waals surface area contributed by atoms with E-state index in [1.54, 1.807) is 0 Å². The molecule has 15 nitrogen and oxygen atoms in total. The molecule has 0 radical (unpaired) electrons. The molecule has 1 aliphatic heterocycles. The standard InChI is InChI=1S/C6H12O15S3/c7-3-2(1-18-22(9,10)11)19-6(21-24(15,16)17)4(8)5(3)20-23(12,13)14/h2-8H,1H2,(H,9,10,11)(H,12,13,14)(H,15,16,17)/t2-,3-,4-,5+,6?/m1/s1. The first kappa shape index (κ1) is 21.5. The van der Waals surface area contributed by atoms with Gasteiger partial charge in [0.05, 0.1) is 6.61 Å². The van der Waals surface area contributed by atoms with Crippen LogP contribution in [0.5, 0.6) is 0 Å². The third-order valence-electron chi connectivity index (χ3n) is 2.47. The highest BCUT2D eigenvalue weighted by atomic mass is 32.3. The van der Waals surface area contributed by atoms with Crippen LogP contribution in [-0.2, 0) is 48.5 Å². The summed E-state index contributed by atoms with van der Waals surface area (Å²) in [6.45, 7) is -1.20. The Morgan fingerprint density at radius 1 is 0.792 bits per heavy atom. The van der Waals surface area contributed by atoms with Crippen LogP contribution in [0, 0.1) is 0 Å². The molecule has 1 fully saturated rings. The van der Waals surface area contributed by atoms with Crippen LogP contribution >= 0.6 is 0 Å². The van der Waals surface area contributed by atoms with Crippen LogP contribution in [0.25, 0.3) is 0 Å². The van der Waals surface area contributed by atoms with Gasteiger partial charge in [-0.05, 0) is 0 Å². The molecule has 24 heavy (non-hydrogen) atoms. The zero-order chi connectivity index (χ0) is 18.9. The summed E-state index contributed by atoms with van der Waals surface area (Å²) in [6.07, 6.45) is -11.2. The predicted octanol–water partition coefficient (Wildman–Crippen LogP) is -3.74.